The van der Waals surface area contributed by atoms with Gasteiger partial charge in [-0.05, 0) is 38.4 Å². The van der Waals surface area contributed by atoms with E-state index in [0.29, 0.717) is 12.4 Å². The molecule has 154 valence electrons. The number of rotatable bonds is 9. The lowest BCUT2D eigenvalue weighted by atomic mass is 10.2. The Morgan fingerprint density at radius 1 is 1.30 bits per heavy atom. The van der Waals surface area contributed by atoms with Crippen molar-refractivity contribution in [2.75, 3.05) is 6.61 Å². The minimum atomic E-state index is -2.01. The van der Waals surface area contributed by atoms with Crippen molar-refractivity contribution < 1.29 is 18.4 Å². The van der Waals surface area contributed by atoms with Gasteiger partial charge in [0.15, 0.2) is 8.32 Å². The van der Waals surface area contributed by atoms with E-state index in [9.17, 15) is 9.59 Å². The number of ether oxygens (including phenoxy) is 1. The van der Waals surface area contributed by atoms with E-state index in [4.69, 9.17) is 13.6 Å². The molecule has 0 saturated heterocycles. The fourth-order valence-corrected chi connectivity index (χ4v) is 2.94. The average Bonchev–Trinajstić information content (AvgIpc) is 2.52. The summed E-state index contributed by atoms with van der Waals surface area (Å²) < 4.78 is 17.4. The maximum Gasteiger partial charge on any atom is 0.291 e. The summed E-state index contributed by atoms with van der Waals surface area (Å²) in [7, 11) is -2.01. The van der Waals surface area contributed by atoms with E-state index >= 15 is 0 Å². The number of hydrogen-bond acceptors (Lipinski definition) is 5. The van der Waals surface area contributed by atoms with E-state index in [1.54, 1.807) is 0 Å². The summed E-state index contributed by atoms with van der Waals surface area (Å²) in [6.45, 7) is 16.9. The molecule has 0 aromatic carbocycles. The van der Waals surface area contributed by atoms with Gasteiger partial charge in [-0.1, -0.05) is 34.1 Å². The van der Waals surface area contributed by atoms with Crippen LogP contribution in [0.1, 0.15) is 70.7 Å². The maximum atomic E-state index is 12.6. The monoisotopic (exact) mass is 397 g/mol. The zero-order chi connectivity index (χ0) is 20.8. The van der Waals surface area contributed by atoms with Crippen LogP contribution in [0.5, 0.6) is 5.75 Å². The lowest BCUT2D eigenvalue weighted by Crippen LogP contribution is -2.40. The summed E-state index contributed by atoms with van der Waals surface area (Å²) in [6.07, 6.45) is 1.72. The normalized spacial score (nSPS) is 12.3. The van der Waals surface area contributed by atoms with E-state index in [1.807, 2.05) is 20.8 Å². The Morgan fingerprint density at radius 3 is 2.44 bits per heavy atom. The molecule has 1 N–H and O–H groups in total. The highest BCUT2D eigenvalue weighted by Gasteiger charge is 2.37. The van der Waals surface area contributed by atoms with Crippen molar-refractivity contribution in [2.45, 2.75) is 85.2 Å². The highest BCUT2D eigenvalue weighted by Crippen LogP contribution is 2.37. The van der Waals surface area contributed by atoms with E-state index in [1.165, 1.54) is 6.07 Å². The number of hydrogen-bond donors (Lipinski definition) is 1. The van der Waals surface area contributed by atoms with Crippen molar-refractivity contribution in [1.29, 1.82) is 0 Å². The van der Waals surface area contributed by atoms with Crippen molar-refractivity contribution in [1.82, 2.24) is 5.32 Å². The Kier molecular flexibility index (Phi) is 8.29. The lowest BCUT2D eigenvalue weighted by molar-refractivity contribution is 0.0898. The number of carbonyl (C=O) groups is 1. The summed E-state index contributed by atoms with van der Waals surface area (Å²) in [5.41, 5.74) is -0.361. The van der Waals surface area contributed by atoms with Gasteiger partial charge in [0.05, 0.1) is 13.2 Å². The van der Waals surface area contributed by atoms with Crippen LogP contribution in [0.4, 0.5) is 0 Å². The van der Waals surface area contributed by atoms with Crippen LogP contribution in [0.25, 0.3) is 0 Å². The Bertz CT molecular complexity index is 689. The Labute approximate surface area is 163 Å². The zero-order valence-electron chi connectivity index (χ0n) is 18.0. The molecule has 0 aliphatic rings. The zero-order valence-corrected chi connectivity index (χ0v) is 19.0. The van der Waals surface area contributed by atoms with Gasteiger partial charge in [0.25, 0.3) is 5.91 Å². The average molecular weight is 398 g/mol. The molecule has 1 rings (SSSR count). The Morgan fingerprint density at radius 2 is 1.93 bits per heavy atom. The van der Waals surface area contributed by atoms with Crippen LogP contribution >= 0.6 is 0 Å². The SMILES string of the molecule is CCCCOc1c(C(=O)NC(C)C)oc(CO[Si](C)(C)C(C)(C)C)cc1=O. The predicted molar refractivity (Wildman–Crippen MR) is 110 cm³/mol. The molecule has 1 aromatic heterocycles. The molecule has 0 unspecified atom stereocenters. The van der Waals surface area contributed by atoms with Gasteiger partial charge < -0.3 is 18.9 Å². The molecular weight excluding hydrogens is 362 g/mol. The van der Waals surface area contributed by atoms with E-state index in [-0.39, 0.29) is 34.6 Å². The Balaban J connectivity index is 3.16. The fraction of sp³-hybridized carbons (Fsp3) is 0.700. The molecule has 1 aromatic rings. The van der Waals surface area contributed by atoms with Crippen LogP contribution in [0.2, 0.25) is 18.1 Å². The highest BCUT2D eigenvalue weighted by molar-refractivity contribution is 6.74. The minimum absolute atomic E-state index is 0.0299. The molecule has 0 saturated carbocycles. The van der Waals surface area contributed by atoms with Crippen LogP contribution in [-0.2, 0) is 11.0 Å². The first-order valence-electron chi connectivity index (χ1n) is 9.63. The molecule has 0 radical (unpaired) electrons. The van der Waals surface area contributed by atoms with Gasteiger partial charge in [-0.2, -0.15) is 0 Å². The van der Waals surface area contributed by atoms with Gasteiger partial charge in [0.2, 0.25) is 16.9 Å². The molecule has 0 aliphatic heterocycles. The lowest BCUT2D eigenvalue weighted by Gasteiger charge is -2.35. The molecule has 1 heterocycles. The van der Waals surface area contributed by atoms with Crippen LogP contribution < -0.4 is 15.5 Å². The fourth-order valence-electron chi connectivity index (χ4n) is 2.00. The predicted octanol–water partition coefficient (Wildman–Crippen LogP) is 4.48. The minimum Gasteiger partial charge on any atom is -0.486 e. The third-order valence-electron chi connectivity index (χ3n) is 4.71. The second-order valence-corrected chi connectivity index (χ2v) is 13.4. The molecule has 0 aliphatic carbocycles. The summed E-state index contributed by atoms with van der Waals surface area (Å²) in [5.74, 6) is -0.233. The van der Waals surface area contributed by atoms with E-state index in [0.717, 1.165) is 12.8 Å². The van der Waals surface area contributed by atoms with Crippen LogP contribution in [0.15, 0.2) is 15.3 Å². The van der Waals surface area contributed by atoms with Gasteiger partial charge >= 0.3 is 0 Å². The number of unbranched alkanes of at least 4 members (excludes halogenated alkanes) is 1. The van der Waals surface area contributed by atoms with Crippen molar-refractivity contribution in [3.8, 4) is 5.75 Å². The molecule has 7 heteroatoms. The van der Waals surface area contributed by atoms with Crippen molar-refractivity contribution in [3.05, 3.63) is 27.8 Å². The van der Waals surface area contributed by atoms with Gasteiger partial charge in [-0.15, -0.1) is 0 Å². The molecule has 0 bridgehead atoms. The molecular formula is C20H35NO5Si. The first-order valence-corrected chi connectivity index (χ1v) is 12.5. The largest absolute Gasteiger partial charge is 0.486 e. The summed E-state index contributed by atoms with van der Waals surface area (Å²) >= 11 is 0. The van der Waals surface area contributed by atoms with Gasteiger partial charge in [0.1, 0.15) is 5.76 Å². The molecule has 0 fully saturated rings. The topological polar surface area (TPSA) is 77.8 Å². The van der Waals surface area contributed by atoms with Crippen LogP contribution in [0, 0.1) is 0 Å². The van der Waals surface area contributed by atoms with Gasteiger partial charge in [0, 0.05) is 12.1 Å². The maximum absolute atomic E-state index is 12.6. The van der Waals surface area contributed by atoms with E-state index < -0.39 is 14.2 Å². The molecule has 27 heavy (non-hydrogen) atoms. The van der Waals surface area contributed by atoms with Gasteiger partial charge in [-0.25, -0.2) is 0 Å². The van der Waals surface area contributed by atoms with Gasteiger partial charge in [-0.3, -0.25) is 9.59 Å². The number of carbonyl (C=O) groups excluding carboxylic acids is 1. The van der Waals surface area contributed by atoms with E-state index in [2.05, 4.69) is 39.2 Å². The van der Waals surface area contributed by atoms with Crippen LogP contribution in [-0.4, -0.2) is 26.9 Å². The molecule has 0 spiro atoms. The first kappa shape index (κ1) is 23.4. The second kappa shape index (κ2) is 9.55. The number of nitrogens with one attached hydrogen (secondary N) is 1. The third-order valence-corrected chi connectivity index (χ3v) is 9.19. The third kappa shape index (κ3) is 6.81. The van der Waals surface area contributed by atoms with Crippen molar-refractivity contribution in [3.63, 3.8) is 0 Å². The highest BCUT2D eigenvalue weighted by atomic mass is 28.4. The number of amides is 1. The van der Waals surface area contributed by atoms with Crippen molar-refractivity contribution in [2.24, 2.45) is 0 Å². The summed E-state index contributed by atoms with van der Waals surface area (Å²) in [5, 5.41) is 2.79. The van der Waals surface area contributed by atoms with Crippen LogP contribution in [0.3, 0.4) is 0 Å². The molecule has 1 amide bonds. The molecule has 6 nitrogen and oxygen atoms in total. The molecule has 0 atom stereocenters. The van der Waals surface area contributed by atoms with Crippen molar-refractivity contribution >= 4 is 14.2 Å². The standard InChI is InChI=1S/C20H35NO5Si/c1-9-10-11-24-17-16(22)12-15(13-25-27(7,8)20(4,5)6)26-18(17)19(23)21-14(2)3/h12,14H,9-11,13H2,1-8H3,(H,21,23). The summed E-state index contributed by atoms with van der Waals surface area (Å²) in [4.78, 5) is 25.1. The Hall–Kier alpha value is -1.60. The quantitative estimate of drug-likeness (QED) is 0.491. The first-order chi connectivity index (χ1) is 12.4. The smallest absolute Gasteiger partial charge is 0.291 e. The second-order valence-electron chi connectivity index (χ2n) is 8.61. The summed E-state index contributed by atoms with van der Waals surface area (Å²) in [6, 6.07) is 1.28.